The van der Waals surface area contributed by atoms with Gasteiger partial charge < -0.3 is 4.57 Å². The summed E-state index contributed by atoms with van der Waals surface area (Å²) in [5.74, 6) is 0. The Bertz CT molecular complexity index is 263. The molecule has 2 nitrogen and oxygen atoms in total. The summed E-state index contributed by atoms with van der Waals surface area (Å²) in [5.41, 5.74) is 2.05. The Labute approximate surface area is 75.6 Å². The number of aryl methyl sites for hydroxylation is 1. The third kappa shape index (κ3) is 1.46. The van der Waals surface area contributed by atoms with E-state index < -0.39 is 8.07 Å². The van der Waals surface area contributed by atoms with Crippen LogP contribution in [0.4, 0.5) is 0 Å². The molecule has 0 N–H and O–H groups in total. The molecule has 0 aliphatic rings. The van der Waals surface area contributed by atoms with E-state index in [9.17, 15) is 0 Å². The van der Waals surface area contributed by atoms with Crippen LogP contribution < -0.4 is 5.45 Å². The molecule has 0 atom stereocenters. The van der Waals surface area contributed by atoms with E-state index in [1.807, 2.05) is 12.4 Å². The van der Waals surface area contributed by atoms with Crippen molar-refractivity contribution in [3.8, 4) is 0 Å². The fourth-order valence-electron chi connectivity index (χ4n) is 1.24. The Morgan fingerprint density at radius 1 is 1.42 bits per heavy atom. The number of hydrogen-bond donors (Lipinski definition) is 0. The van der Waals surface area contributed by atoms with Crippen molar-refractivity contribution in [2.75, 3.05) is 0 Å². The van der Waals surface area contributed by atoms with Crippen molar-refractivity contribution in [3.05, 3.63) is 12.4 Å². The van der Waals surface area contributed by atoms with Crippen molar-refractivity contribution in [2.45, 2.75) is 32.5 Å². The van der Waals surface area contributed by atoms with Gasteiger partial charge in [-0.2, -0.15) is 0 Å². The fourth-order valence-corrected chi connectivity index (χ4v) is 3.15. The minimum absolute atomic E-state index is 0.749. The number of aromatic nitrogens is 2. The molecule has 0 radical (unpaired) electrons. The first-order valence-corrected chi connectivity index (χ1v) is 7.51. The Balaban J connectivity index is 3.05. The van der Waals surface area contributed by atoms with Gasteiger partial charge in [0.2, 0.25) is 0 Å². The molecule has 3 heteroatoms. The molecule has 1 aromatic heterocycles. The lowest BCUT2D eigenvalue weighted by molar-refractivity contribution is 0.923. The second-order valence-corrected chi connectivity index (χ2v) is 9.28. The molecule has 1 heterocycles. The van der Waals surface area contributed by atoms with Crippen LogP contribution in [-0.4, -0.2) is 17.6 Å². The van der Waals surface area contributed by atoms with Gasteiger partial charge in [-0.1, -0.05) is 26.9 Å². The zero-order valence-electron chi connectivity index (χ0n) is 8.63. The lowest BCUT2D eigenvalue weighted by Gasteiger charge is -2.25. The van der Waals surface area contributed by atoms with E-state index in [4.69, 9.17) is 0 Å². The zero-order chi connectivity index (χ0) is 9.35. The van der Waals surface area contributed by atoms with Crippen LogP contribution in [0.2, 0.25) is 18.6 Å². The van der Waals surface area contributed by atoms with Crippen molar-refractivity contribution in [3.63, 3.8) is 0 Å². The Morgan fingerprint density at radius 3 is 2.33 bits per heavy atom. The molecular formula is C9H18N2Si. The van der Waals surface area contributed by atoms with Gasteiger partial charge in [0, 0.05) is 19.4 Å². The zero-order valence-corrected chi connectivity index (χ0v) is 9.63. The van der Waals surface area contributed by atoms with Gasteiger partial charge in [-0.3, -0.25) is 0 Å². The van der Waals surface area contributed by atoms with E-state index in [0.29, 0.717) is 0 Å². The molecule has 0 aliphatic heterocycles. The molecule has 0 amide bonds. The minimum Gasteiger partial charge on any atom is -0.342 e. The molecule has 0 aliphatic carbocycles. The van der Waals surface area contributed by atoms with Crippen LogP contribution >= 0.6 is 0 Å². The maximum Gasteiger partial charge on any atom is 0.128 e. The van der Waals surface area contributed by atoms with Gasteiger partial charge in [0.25, 0.3) is 0 Å². The van der Waals surface area contributed by atoms with E-state index in [2.05, 4.69) is 43.5 Å². The lowest BCUT2D eigenvalue weighted by atomic mass is 10.6. The summed E-state index contributed by atoms with van der Waals surface area (Å²) in [5, 5.41) is 0. The van der Waals surface area contributed by atoms with Crippen LogP contribution in [0.3, 0.4) is 0 Å². The van der Waals surface area contributed by atoms with Gasteiger partial charge in [-0.05, 0) is 5.54 Å². The summed E-state index contributed by atoms with van der Waals surface area (Å²) >= 11 is 0. The van der Waals surface area contributed by atoms with E-state index in [-0.39, 0.29) is 0 Å². The largest absolute Gasteiger partial charge is 0.342 e. The Kier molecular flexibility index (Phi) is 2.42. The monoisotopic (exact) mass is 182 g/mol. The quantitative estimate of drug-likeness (QED) is 0.637. The average Bonchev–Trinajstić information content (AvgIpc) is 2.35. The van der Waals surface area contributed by atoms with Crippen molar-refractivity contribution < 1.29 is 0 Å². The van der Waals surface area contributed by atoms with Crippen molar-refractivity contribution in [1.29, 1.82) is 0 Å². The number of hydrogen-bond acceptors (Lipinski definition) is 1. The Morgan fingerprint density at radius 2 is 2.00 bits per heavy atom. The topological polar surface area (TPSA) is 17.8 Å². The van der Waals surface area contributed by atoms with Gasteiger partial charge in [0.05, 0.1) is 5.45 Å². The van der Waals surface area contributed by atoms with Gasteiger partial charge in [0.15, 0.2) is 0 Å². The summed E-state index contributed by atoms with van der Waals surface area (Å²) < 4.78 is 2.16. The van der Waals surface area contributed by atoms with Crippen LogP contribution in [0.15, 0.2) is 12.4 Å². The van der Waals surface area contributed by atoms with Gasteiger partial charge in [-0.15, -0.1) is 0 Å². The average molecular weight is 182 g/mol. The van der Waals surface area contributed by atoms with Crippen molar-refractivity contribution in [2.24, 2.45) is 7.05 Å². The first-order chi connectivity index (χ1) is 5.46. The normalized spacial score (nSPS) is 12.5. The molecule has 1 rings (SSSR count). The molecule has 0 saturated heterocycles. The maximum atomic E-state index is 4.43. The van der Waals surface area contributed by atoms with Gasteiger partial charge in [0.1, 0.15) is 8.07 Å². The standard InChI is InChI=1S/C9H18N2Si/c1-8(2)12(4,5)9-10-6-7-11(9)3/h6-8H,1-5H3. The smallest absolute Gasteiger partial charge is 0.128 e. The summed E-state index contributed by atoms with van der Waals surface area (Å²) in [6, 6.07) is 0. The highest BCUT2D eigenvalue weighted by molar-refractivity contribution is 6.89. The molecule has 0 fully saturated rings. The van der Waals surface area contributed by atoms with Gasteiger partial charge in [-0.25, -0.2) is 4.98 Å². The molecule has 1 aromatic rings. The highest BCUT2D eigenvalue weighted by Gasteiger charge is 2.31. The molecule has 12 heavy (non-hydrogen) atoms. The highest BCUT2D eigenvalue weighted by atomic mass is 28.3. The van der Waals surface area contributed by atoms with E-state index >= 15 is 0 Å². The predicted molar refractivity (Wildman–Crippen MR) is 55.4 cm³/mol. The molecule has 0 spiro atoms. The third-order valence-electron chi connectivity index (χ3n) is 2.84. The van der Waals surface area contributed by atoms with Crippen molar-refractivity contribution >= 4 is 13.5 Å². The molecule has 68 valence electrons. The number of imidazole rings is 1. The van der Waals surface area contributed by atoms with Crippen molar-refractivity contribution in [1.82, 2.24) is 9.55 Å². The summed E-state index contributed by atoms with van der Waals surface area (Å²) in [7, 11) is 0.786. The molecule has 0 aromatic carbocycles. The highest BCUT2D eigenvalue weighted by Crippen LogP contribution is 2.18. The van der Waals surface area contributed by atoms with Crippen LogP contribution in [0.1, 0.15) is 13.8 Å². The predicted octanol–water partition coefficient (Wildman–Crippen LogP) is 1.75. The molecule has 0 unspecified atom stereocenters. The van der Waals surface area contributed by atoms with Crippen LogP contribution in [0.5, 0.6) is 0 Å². The SMILES string of the molecule is CC(C)[Si](C)(C)c1nccn1C. The van der Waals surface area contributed by atoms with Crippen LogP contribution in [-0.2, 0) is 7.05 Å². The maximum absolute atomic E-state index is 4.43. The summed E-state index contributed by atoms with van der Waals surface area (Å²) in [6.45, 7) is 9.34. The molecular weight excluding hydrogens is 164 g/mol. The van der Waals surface area contributed by atoms with Gasteiger partial charge >= 0.3 is 0 Å². The molecule has 0 bridgehead atoms. The van der Waals surface area contributed by atoms with Crippen LogP contribution in [0.25, 0.3) is 0 Å². The first kappa shape index (κ1) is 9.51. The molecule has 0 saturated carbocycles. The second-order valence-electron chi connectivity index (χ2n) is 4.24. The minimum atomic E-state index is -1.30. The van der Waals surface area contributed by atoms with E-state index in [1.165, 1.54) is 5.45 Å². The third-order valence-corrected chi connectivity index (χ3v) is 7.36. The van der Waals surface area contributed by atoms with E-state index in [1.54, 1.807) is 0 Å². The number of nitrogens with zero attached hydrogens (tertiary/aromatic N) is 2. The summed E-state index contributed by atoms with van der Waals surface area (Å²) in [4.78, 5) is 4.43. The lowest BCUT2D eigenvalue weighted by Crippen LogP contribution is -2.49. The number of rotatable bonds is 2. The van der Waals surface area contributed by atoms with Crippen LogP contribution in [0, 0.1) is 0 Å². The fraction of sp³-hybridized carbons (Fsp3) is 0.667. The Hall–Kier alpha value is -0.573. The van der Waals surface area contributed by atoms with E-state index in [0.717, 1.165) is 5.54 Å². The second kappa shape index (κ2) is 3.05. The summed E-state index contributed by atoms with van der Waals surface area (Å²) in [6.07, 6.45) is 3.93. The first-order valence-electron chi connectivity index (χ1n) is 4.44.